The van der Waals surface area contributed by atoms with Gasteiger partial charge in [-0.2, -0.15) is 0 Å². The van der Waals surface area contributed by atoms with Gasteiger partial charge >= 0.3 is 0 Å². The molecule has 0 radical (unpaired) electrons. The fraction of sp³-hybridized carbons (Fsp3) is 0.667. The van der Waals surface area contributed by atoms with Gasteiger partial charge in [-0.15, -0.1) is 0 Å². The van der Waals surface area contributed by atoms with E-state index >= 15 is 0 Å². The van der Waals surface area contributed by atoms with Crippen LogP contribution in [0.2, 0.25) is 0 Å². The molecule has 1 aromatic heterocycles. The Bertz CT molecular complexity index is 386. The maximum Gasteiger partial charge on any atom is 0.293 e. The fourth-order valence-corrected chi connectivity index (χ4v) is 1.53. The maximum absolute atomic E-state index is 11.9. The molecular formula is C12H22N4O. The standard InChI is InChI=1S/C12H22N4O/c1-4-8-16-9-7-15-11(12(16)17)14-6-5-13-10(2)3/h7,9-10,13H,4-6,8H2,1-3H3,(H,14,15). The molecule has 0 amide bonds. The molecule has 96 valence electrons. The predicted octanol–water partition coefficient (Wildman–Crippen LogP) is 1.06. The first kappa shape index (κ1) is 13.7. The van der Waals surface area contributed by atoms with Crippen molar-refractivity contribution < 1.29 is 0 Å². The van der Waals surface area contributed by atoms with E-state index in [2.05, 4.69) is 29.5 Å². The summed E-state index contributed by atoms with van der Waals surface area (Å²) in [6.07, 6.45) is 4.33. The van der Waals surface area contributed by atoms with E-state index in [-0.39, 0.29) is 5.56 Å². The topological polar surface area (TPSA) is 59.0 Å². The summed E-state index contributed by atoms with van der Waals surface area (Å²) in [6.45, 7) is 8.49. The Labute approximate surface area is 102 Å². The Morgan fingerprint density at radius 2 is 2.18 bits per heavy atom. The second-order valence-electron chi connectivity index (χ2n) is 4.31. The highest BCUT2D eigenvalue weighted by molar-refractivity contribution is 5.30. The van der Waals surface area contributed by atoms with Crippen LogP contribution in [0.3, 0.4) is 0 Å². The van der Waals surface area contributed by atoms with Gasteiger partial charge in [0.1, 0.15) is 0 Å². The van der Waals surface area contributed by atoms with Crippen LogP contribution in [0.4, 0.5) is 5.82 Å². The van der Waals surface area contributed by atoms with Crippen molar-refractivity contribution in [2.45, 2.75) is 39.8 Å². The number of hydrogen-bond acceptors (Lipinski definition) is 4. The minimum absolute atomic E-state index is 0.0427. The molecule has 0 atom stereocenters. The minimum atomic E-state index is -0.0427. The van der Waals surface area contributed by atoms with Crippen LogP contribution >= 0.6 is 0 Å². The number of nitrogens with zero attached hydrogens (tertiary/aromatic N) is 2. The van der Waals surface area contributed by atoms with Gasteiger partial charge in [0.25, 0.3) is 5.56 Å². The molecule has 5 nitrogen and oxygen atoms in total. The molecular weight excluding hydrogens is 216 g/mol. The van der Waals surface area contributed by atoms with Crippen LogP contribution in [0.1, 0.15) is 27.2 Å². The third-order valence-electron chi connectivity index (χ3n) is 2.35. The summed E-state index contributed by atoms with van der Waals surface area (Å²) < 4.78 is 1.69. The first-order valence-electron chi connectivity index (χ1n) is 6.17. The van der Waals surface area contributed by atoms with Gasteiger partial charge in [0.15, 0.2) is 5.82 Å². The van der Waals surface area contributed by atoms with Crippen LogP contribution in [0, 0.1) is 0 Å². The predicted molar refractivity (Wildman–Crippen MR) is 70.4 cm³/mol. The molecule has 2 N–H and O–H groups in total. The quantitative estimate of drug-likeness (QED) is 0.697. The van der Waals surface area contributed by atoms with E-state index in [1.807, 2.05) is 6.92 Å². The molecule has 0 bridgehead atoms. The molecule has 1 aromatic rings. The van der Waals surface area contributed by atoms with E-state index in [0.717, 1.165) is 19.5 Å². The monoisotopic (exact) mass is 238 g/mol. The number of anilines is 1. The Kier molecular flexibility index (Phi) is 5.69. The van der Waals surface area contributed by atoms with Crippen LogP contribution in [0.25, 0.3) is 0 Å². The molecule has 0 aromatic carbocycles. The summed E-state index contributed by atoms with van der Waals surface area (Å²) in [5, 5.41) is 6.34. The van der Waals surface area contributed by atoms with Gasteiger partial charge in [-0.3, -0.25) is 4.79 Å². The molecule has 5 heteroatoms. The first-order valence-corrected chi connectivity index (χ1v) is 6.17. The number of aryl methyl sites for hydroxylation is 1. The normalized spacial score (nSPS) is 10.8. The number of rotatable bonds is 7. The molecule has 0 aliphatic heterocycles. The summed E-state index contributed by atoms with van der Waals surface area (Å²) in [5.41, 5.74) is -0.0427. The Hall–Kier alpha value is -1.36. The average molecular weight is 238 g/mol. The minimum Gasteiger partial charge on any atom is -0.364 e. The summed E-state index contributed by atoms with van der Waals surface area (Å²) >= 11 is 0. The smallest absolute Gasteiger partial charge is 0.293 e. The summed E-state index contributed by atoms with van der Waals surface area (Å²) in [6, 6.07) is 0.456. The highest BCUT2D eigenvalue weighted by Crippen LogP contribution is 1.93. The largest absolute Gasteiger partial charge is 0.364 e. The number of aromatic nitrogens is 2. The summed E-state index contributed by atoms with van der Waals surface area (Å²) in [5.74, 6) is 0.437. The molecule has 0 saturated heterocycles. The van der Waals surface area contributed by atoms with Crippen molar-refractivity contribution in [1.82, 2.24) is 14.9 Å². The lowest BCUT2D eigenvalue weighted by Gasteiger charge is -2.10. The van der Waals surface area contributed by atoms with E-state index in [1.165, 1.54) is 0 Å². The third-order valence-corrected chi connectivity index (χ3v) is 2.35. The zero-order valence-corrected chi connectivity index (χ0v) is 10.9. The molecule has 0 unspecified atom stereocenters. The fourth-order valence-electron chi connectivity index (χ4n) is 1.53. The van der Waals surface area contributed by atoms with Crippen LogP contribution in [0.5, 0.6) is 0 Å². The lowest BCUT2D eigenvalue weighted by Crippen LogP contribution is -2.31. The van der Waals surface area contributed by atoms with Gasteiger partial charge < -0.3 is 15.2 Å². The molecule has 0 spiro atoms. The summed E-state index contributed by atoms with van der Waals surface area (Å²) in [4.78, 5) is 16.0. The molecule has 0 aliphatic rings. The van der Waals surface area contributed by atoms with Crippen molar-refractivity contribution in [3.8, 4) is 0 Å². The van der Waals surface area contributed by atoms with Crippen LogP contribution < -0.4 is 16.2 Å². The SMILES string of the molecule is CCCn1ccnc(NCCNC(C)C)c1=O. The van der Waals surface area contributed by atoms with Gasteiger partial charge in [-0.25, -0.2) is 4.98 Å². The van der Waals surface area contributed by atoms with Crippen LogP contribution in [-0.4, -0.2) is 28.7 Å². The summed E-state index contributed by atoms with van der Waals surface area (Å²) in [7, 11) is 0. The highest BCUT2D eigenvalue weighted by atomic mass is 16.1. The Balaban J connectivity index is 2.53. The van der Waals surface area contributed by atoms with Crippen molar-refractivity contribution in [3.05, 3.63) is 22.7 Å². The highest BCUT2D eigenvalue weighted by Gasteiger charge is 2.03. The number of hydrogen-bond donors (Lipinski definition) is 2. The van der Waals surface area contributed by atoms with Crippen molar-refractivity contribution in [3.63, 3.8) is 0 Å². The molecule has 1 heterocycles. The third kappa shape index (κ3) is 4.56. The van der Waals surface area contributed by atoms with E-state index < -0.39 is 0 Å². The maximum atomic E-state index is 11.9. The van der Waals surface area contributed by atoms with Gasteiger partial charge in [-0.05, 0) is 6.42 Å². The lowest BCUT2D eigenvalue weighted by molar-refractivity contribution is 0.600. The van der Waals surface area contributed by atoms with Crippen molar-refractivity contribution >= 4 is 5.82 Å². The average Bonchev–Trinajstić information content (AvgIpc) is 2.29. The van der Waals surface area contributed by atoms with E-state index in [9.17, 15) is 4.79 Å². The Morgan fingerprint density at radius 3 is 2.82 bits per heavy atom. The van der Waals surface area contributed by atoms with E-state index in [4.69, 9.17) is 0 Å². The molecule has 1 rings (SSSR count). The second-order valence-corrected chi connectivity index (χ2v) is 4.31. The van der Waals surface area contributed by atoms with Crippen molar-refractivity contribution in [2.24, 2.45) is 0 Å². The van der Waals surface area contributed by atoms with Crippen LogP contribution in [-0.2, 0) is 6.54 Å². The molecule has 0 saturated carbocycles. The Morgan fingerprint density at radius 1 is 1.41 bits per heavy atom. The lowest BCUT2D eigenvalue weighted by atomic mass is 10.4. The van der Waals surface area contributed by atoms with Crippen LogP contribution in [0.15, 0.2) is 17.2 Å². The zero-order chi connectivity index (χ0) is 12.7. The van der Waals surface area contributed by atoms with E-state index in [1.54, 1.807) is 17.0 Å². The zero-order valence-electron chi connectivity index (χ0n) is 10.9. The van der Waals surface area contributed by atoms with Gasteiger partial charge in [0.05, 0.1) is 0 Å². The molecule has 0 fully saturated rings. The van der Waals surface area contributed by atoms with E-state index in [0.29, 0.717) is 18.4 Å². The first-order chi connectivity index (χ1) is 8.15. The van der Waals surface area contributed by atoms with Gasteiger partial charge in [-0.1, -0.05) is 20.8 Å². The van der Waals surface area contributed by atoms with Gasteiger partial charge in [0.2, 0.25) is 0 Å². The molecule has 0 aliphatic carbocycles. The van der Waals surface area contributed by atoms with Crippen molar-refractivity contribution in [2.75, 3.05) is 18.4 Å². The van der Waals surface area contributed by atoms with Gasteiger partial charge in [0, 0.05) is 38.1 Å². The van der Waals surface area contributed by atoms with Crippen molar-refractivity contribution in [1.29, 1.82) is 0 Å². The second kappa shape index (κ2) is 7.06. The molecule has 17 heavy (non-hydrogen) atoms. The number of nitrogens with one attached hydrogen (secondary N) is 2.